The number of carbonyl (C=O) groups excluding carboxylic acids is 1. The molecule has 188 valence electrons. The number of rotatable bonds is 12. The van der Waals surface area contributed by atoms with Crippen molar-refractivity contribution >= 4 is 29.0 Å². The lowest BCUT2D eigenvalue weighted by Gasteiger charge is -2.37. The molecule has 0 bridgehead atoms. The van der Waals surface area contributed by atoms with Crippen LogP contribution in [0.1, 0.15) is 31.2 Å². The van der Waals surface area contributed by atoms with Gasteiger partial charge in [0.15, 0.2) is 5.76 Å². The molecule has 0 aliphatic carbocycles. The molecule has 3 rings (SSSR count). The number of amides is 1. The first-order valence-corrected chi connectivity index (χ1v) is 11.8. The maximum atomic E-state index is 12.9. The molecule has 3 N–H and O–H groups in total. The fraction of sp³-hybridized carbons (Fsp3) is 0.417. The van der Waals surface area contributed by atoms with E-state index >= 15 is 0 Å². The standard InChI is InChI=1S/C24H29ClN4O6/c1-2-34-24-19(4-3-13-30)20(16-5-7-17(25)8-6-16)14-21(35-24)23(31)27-12-11-26-22-10-9-18(15-28-22)29(32)33/h5-10,14-15,19-20,24,30H,2-4,11-13H2,1H3,(H,26,28)(H,27,31)/t19-,20+,24+/m1/s1. The summed E-state index contributed by atoms with van der Waals surface area (Å²) in [6, 6.07) is 10.3. The average Bonchev–Trinajstić information content (AvgIpc) is 2.86. The van der Waals surface area contributed by atoms with Crippen LogP contribution in [0.3, 0.4) is 0 Å². The molecule has 11 heteroatoms. The number of nitrogens with zero attached hydrogens (tertiary/aromatic N) is 2. The molecule has 0 fully saturated rings. The van der Waals surface area contributed by atoms with Gasteiger partial charge in [0.1, 0.15) is 12.0 Å². The second-order valence-electron chi connectivity index (χ2n) is 7.92. The van der Waals surface area contributed by atoms with E-state index in [0.717, 1.165) is 5.56 Å². The Morgan fingerprint density at radius 3 is 2.66 bits per heavy atom. The Hall–Kier alpha value is -3.21. The Labute approximate surface area is 208 Å². The molecule has 1 aliphatic rings. The first-order chi connectivity index (χ1) is 16.9. The number of ether oxygens (including phenoxy) is 2. The summed E-state index contributed by atoms with van der Waals surface area (Å²) in [5.41, 5.74) is 0.878. The minimum Gasteiger partial charge on any atom is -0.459 e. The van der Waals surface area contributed by atoms with Crippen LogP contribution in [0.2, 0.25) is 5.02 Å². The van der Waals surface area contributed by atoms with Gasteiger partial charge in [0, 0.05) is 49.2 Å². The number of hydrogen-bond donors (Lipinski definition) is 3. The number of carbonyl (C=O) groups is 1. The summed E-state index contributed by atoms with van der Waals surface area (Å²) < 4.78 is 11.8. The summed E-state index contributed by atoms with van der Waals surface area (Å²) in [5, 5.41) is 26.5. The maximum absolute atomic E-state index is 12.9. The molecule has 2 aromatic rings. The number of benzene rings is 1. The molecule has 10 nitrogen and oxygen atoms in total. The van der Waals surface area contributed by atoms with Crippen molar-refractivity contribution in [2.24, 2.45) is 5.92 Å². The number of halogens is 1. The van der Waals surface area contributed by atoms with E-state index in [2.05, 4.69) is 15.6 Å². The van der Waals surface area contributed by atoms with E-state index in [1.165, 1.54) is 18.3 Å². The van der Waals surface area contributed by atoms with Gasteiger partial charge in [-0.3, -0.25) is 14.9 Å². The summed E-state index contributed by atoms with van der Waals surface area (Å²) in [6.45, 7) is 2.96. The van der Waals surface area contributed by atoms with E-state index in [-0.39, 0.29) is 42.3 Å². The lowest BCUT2D eigenvalue weighted by atomic mass is 9.80. The van der Waals surface area contributed by atoms with Gasteiger partial charge < -0.3 is 25.2 Å². The zero-order chi connectivity index (χ0) is 25.2. The molecule has 1 amide bonds. The van der Waals surface area contributed by atoms with Gasteiger partial charge in [-0.2, -0.15) is 0 Å². The molecular weight excluding hydrogens is 476 g/mol. The van der Waals surface area contributed by atoms with E-state index in [4.69, 9.17) is 21.1 Å². The van der Waals surface area contributed by atoms with Gasteiger partial charge in [0.2, 0.25) is 6.29 Å². The number of aromatic nitrogens is 1. The Bertz CT molecular complexity index is 1020. The normalized spacial score (nSPS) is 19.4. The van der Waals surface area contributed by atoms with Crippen LogP contribution in [0.15, 0.2) is 54.4 Å². The van der Waals surface area contributed by atoms with Crippen LogP contribution in [0.4, 0.5) is 11.5 Å². The number of hydrogen-bond acceptors (Lipinski definition) is 8. The van der Waals surface area contributed by atoms with E-state index in [1.54, 1.807) is 18.2 Å². The molecule has 1 aromatic heterocycles. The van der Waals surface area contributed by atoms with Crippen molar-refractivity contribution in [1.82, 2.24) is 10.3 Å². The lowest BCUT2D eigenvalue weighted by Crippen LogP contribution is -2.39. The minimum absolute atomic E-state index is 0.0519. The minimum atomic E-state index is -0.639. The predicted molar refractivity (Wildman–Crippen MR) is 131 cm³/mol. The Kier molecular flexibility index (Phi) is 9.83. The van der Waals surface area contributed by atoms with Gasteiger partial charge in [-0.15, -0.1) is 0 Å². The van der Waals surface area contributed by atoms with E-state index in [0.29, 0.717) is 36.8 Å². The average molecular weight is 505 g/mol. The summed E-state index contributed by atoms with van der Waals surface area (Å²) in [7, 11) is 0. The van der Waals surface area contributed by atoms with Gasteiger partial charge in [-0.25, -0.2) is 4.98 Å². The summed E-state index contributed by atoms with van der Waals surface area (Å²) in [5.74, 6) is -0.00392. The molecule has 0 spiro atoms. The number of aliphatic hydroxyl groups excluding tert-OH is 1. The molecule has 0 radical (unpaired) electrons. The van der Waals surface area contributed by atoms with Crippen LogP contribution in [0.25, 0.3) is 0 Å². The Morgan fingerprint density at radius 1 is 1.26 bits per heavy atom. The van der Waals surface area contributed by atoms with Crippen LogP contribution in [-0.4, -0.2) is 53.5 Å². The quantitative estimate of drug-likeness (QED) is 0.226. The van der Waals surface area contributed by atoms with Crippen LogP contribution >= 0.6 is 11.6 Å². The van der Waals surface area contributed by atoms with Gasteiger partial charge in [-0.1, -0.05) is 23.7 Å². The molecule has 0 saturated heterocycles. The molecule has 3 atom stereocenters. The molecule has 35 heavy (non-hydrogen) atoms. The topological polar surface area (TPSA) is 136 Å². The van der Waals surface area contributed by atoms with Crippen molar-refractivity contribution in [1.29, 1.82) is 0 Å². The highest BCUT2D eigenvalue weighted by Gasteiger charge is 2.37. The Morgan fingerprint density at radius 2 is 2.03 bits per heavy atom. The highest BCUT2D eigenvalue weighted by molar-refractivity contribution is 6.30. The van der Waals surface area contributed by atoms with Gasteiger partial charge in [-0.05, 0) is 49.6 Å². The van der Waals surface area contributed by atoms with Crippen LogP contribution in [0.5, 0.6) is 0 Å². The predicted octanol–water partition coefficient (Wildman–Crippen LogP) is 3.62. The molecule has 1 aromatic carbocycles. The number of nitrogens with one attached hydrogen (secondary N) is 2. The first-order valence-electron chi connectivity index (χ1n) is 11.4. The fourth-order valence-corrected chi connectivity index (χ4v) is 4.01. The SMILES string of the molecule is CCO[C@H]1OC(C(=O)NCCNc2ccc([N+](=O)[O-])cn2)=C[C@@H](c2ccc(Cl)cc2)[C@H]1CCCO. The van der Waals surface area contributed by atoms with Gasteiger partial charge in [0.25, 0.3) is 11.6 Å². The first kappa shape index (κ1) is 26.4. The smallest absolute Gasteiger partial charge is 0.287 e. The second kappa shape index (κ2) is 13.0. The fourth-order valence-electron chi connectivity index (χ4n) is 3.88. The lowest BCUT2D eigenvalue weighted by molar-refractivity contribution is -0.385. The largest absolute Gasteiger partial charge is 0.459 e. The molecule has 2 heterocycles. The number of allylic oxidation sites excluding steroid dienone is 1. The van der Waals surface area contributed by atoms with E-state index in [9.17, 15) is 20.0 Å². The highest BCUT2D eigenvalue weighted by atomic mass is 35.5. The third-order valence-corrected chi connectivity index (χ3v) is 5.82. The third-order valence-electron chi connectivity index (χ3n) is 5.57. The number of aliphatic hydroxyl groups is 1. The van der Waals surface area contributed by atoms with Crippen molar-refractivity contribution in [3.05, 3.63) is 75.1 Å². The monoisotopic (exact) mass is 504 g/mol. The van der Waals surface area contributed by atoms with E-state index in [1.807, 2.05) is 19.1 Å². The van der Waals surface area contributed by atoms with Crippen molar-refractivity contribution < 1.29 is 24.3 Å². The summed E-state index contributed by atoms with van der Waals surface area (Å²) >= 11 is 6.06. The summed E-state index contributed by atoms with van der Waals surface area (Å²) in [4.78, 5) is 27.1. The van der Waals surface area contributed by atoms with Crippen molar-refractivity contribution in [3.8, 4) is 0 Å². The number of nitro groups is 1. The molecule has 0 saturated carbocycles. The van der Waals surface area contributed by atoms with Gasteiger partial charge in [0.05, 0.1) is 4.92 Å². The molecule has 0 unspecified atom stereocenters. The van der Waals surface area contributed by atoms with Crippen molar-refractivity contribution in [2.75, 3.05) is 31.6 Å². The zero-order valence-electron chi connectivity index (χ0n) is 19.4. The highest BCUT2D eigenvalue weighted by Crippen LogP contribution is 2.39. The van der Waals surface area contributed by atoms with Crippen molar-refractivity contribution in [3.63, 3.8) is 0 Å². The van der Waals surface area contributed by atoms with E-state index < -0.39 is 11.2 Å². The van der Waals surface area contributed by atoms with Crippen LogP contribution < -0.4 is 10.6 Å². The van der Waals surface area contributed by atoms with Crippen LogP contribution in [-0.2, 0) is 14.3 Å². The Balaban J connectivity index is 1.67. The maximum Gasteiger partial charge on any atom is 0.287 e. The summed E-state index contributed by atoms with van der Waals surface area (Å²) in [6.07, 6.45) is 3.56. The molecular formula is C24H29ClN4O6. The van der Waals surface area contributed by atoms with Crippen LogP contribution in [0, 0.1) is 16.0 Å². The second-order valence-corrected chi connectivity index (χ2v) is 8.36. The zero-order valence-corrected chi connectivity index (χ0v) is 20.1. The van der Waals surface area contributed by atoms with Gasteiger partial charge >= 0.3 is 0 Å². The molecule has 1 aliphatic heterocycles. The number of pyridine rings is 1. The third kappa shape index (κ3) is 7.38. The number of anilines is 1. The van der Waals surface area contributed by atoms with Crippen molar-refractivity contribution in [2.45, 2.75) is 32.0 Å².